The standard InChI is InChI=1S/C16H14F3N3O/c1-23-12-4-2-11(3-5-12)9-22-15(8-20)13-10-21-7-6-14(13)16(17,18)19/h2-7,10,15,22H,9H2,1H3. The Labute approximate surface area is 131 Å². The quantitative estimate of drug-likeness (QED) is 0.916. The maximum atomic E-state index is 13.0. The molecule has 2 rings (SSSR count). The monoisotopic (exact) mass is 321 g/mol. The normalized spacial score (nSPS) is 12.5. The number of rotatable bonds is 5. The van der Waals surface area contributed by atoms with E-state index in [4.69, 9.17) is 4.74 Å². The van der Waals surface area contributed by atoms with E-state index in [0.29, 0.717) is 5.75 Å². The number of pyridine rings is 1. The molecule has 0 radical (unpaired) electrons. The number of ether oxygens (including phenoxy) is 1. The van der Waals surface area contributed by atoms with Crippen molar-refractivity contribution in [1.82, 2.24) is 10.3 Å². The summed E-state index contributed by atoms with van der Waals surface area (Å²) < 4.78 is 44.1. The minimum Gasteiger partial charge on any atom is -0.497 e. The highest BCUT2D eigenvalue weighted by atomic mass is 19.4. The zero-order valence-electron chi connectivity index (χ0n) is 12.3. The largest absolute Gasteiger partial charge is 0.497 e. The summed E-state index contributed by atoms with van der Waals surface area (Å²) in [7, 11) is 1.54. The van der Waals surface area contributed by atoms with Crippen molar-refractivity contribution in [2.24, 2.45) is 0 Å². The summed E-state index contributed by atoms with van der Waals surface area (Å²) in [4.78, 5) is 3.70. The van der Waals surface area contributed by atoms with Crippen LogP contribution in [0.4, 0.5) is 13.2 Å². The molecule has 0 saturated heterocycles. The van der Waals surface area contributed by atoms with Crippen LogP contribution in [0.25, 0.3) is 0 Å². The number of halogens is 3. The molecule has 1 aromatic carbocycles. The summed E-state index contributed by atoms with van der Waals surface area (Å²) in [5.41, 5.74) is -0.221. The zero-order chi connectivity index (χ0) is 16.9. The van der Waals surface area contributed by atoms with Gasteiger partial charge in [0.2, 0.25) is 0 Å². The molecule has 0 aliphatic heterocycles. The molecule has 0 fully saturated rings. The van der Waals surface area contributed by atoms with Crippen LogP contribution in [0.5, 0.6) is 5.75 Å². The highest BCUT2D eigenvalue weighted by molar-refractivity contribution is 5.33. The van der Waals surface area contributed by atoms with Crippen LogP contribution in [0.15, 0.2) is 42.7 Å². The maximum absolute atomic E-state index is 13.0. The van der Waals surface area contributed by atoms with E-state index in [9.17, 15) is 18.4 Å². The van der Waals surface area contributed by atoms with Gasteiger partial charge in [-0.3, -0.25) is 10.3 Å². The molecule has 4 nitrogen and oxygen atoms in total. The van der Waals surface area contributed by atoms with Crippen LogP contribution in [-0.2, 0) is 12.7 Å². The lowest BCUT2D eigenvalue weighted by Gasteiger charge is -2.17. The van der Waals surface area contributed by atoms with Gasteiger partial charge in [0.25, 0.3) is 0 Å². The molecule has 0 aliphatic carbocycles. The van der Waals surface area contributed by atoms with E-state index in [1.54, 1.807) is 31.4 Å². The lowest BCUT2D eigenvalue weighted by Crippen LogP contribution is -2.23. The van der Waals surface area contributed by atoms with Gasteiger partial charge in [0.1, 0.15) is 11.8 Å². The van der Waals surface area contributed by atoms with Crippen molar-refractivity contribution in [3.05, 3.63) is 59.4 Å². The van der Waals surface area contributed by atoms with Gasteiger partial charge < -0.3 is 4.74 Å². The van der Waals surface area contributed by atoms with Crippen molar-refractivity contribution in [3.63, 3.8) is 0 Å². The first kappa shape index (κ1) is 16.8. The Morgan fingerprint density at radius 2 is 1.96 bits per heavy atom. The lowest BCUT2D eigenvalue weighted by molar-refractivity contribution is -0.138. The van der Waals surface area contributed by atoms with Gasteiger partial charge in [0.15, 0.2) is 0 Å². The van der Waals surface area contributed by atoms with Crippen LogP contribution in [0.1, 0.15) is 22.7 Å². The molecule has 1 unspecified atom stereocenters. The van der Waals surface area contributed by atoms with Gasteiger partial charge >= 0.3 is 6.18 Å². The number of nitriles is 1. The highest BCUT2D eigenvalue weighted by Crippen LogP contribution is 2.34. The summed E-state index contributed by atoms with van der Waals surface area (Å²) in [6.07, 6.45) is -2.41. The van der Waals surface area contributed by atoms with Crippen LogP contribution in [0.3, 0.4) is 0 Å². The fraction of sp³-hybridized carbons (Fsp3) is 0.250. The van der Waals surface area contributed by atoms with Gasteiger partial charge in [0.05, 0.1) is 18.7 Å². The third kappa shape index (κ3) is 4.20. The van der Waals surface area contributed by atoms with Crippen molar-refractivity contribution in [2.45, 2.75) is 18.8 Å². The third-order valence-electron chi connectivity index (χ3n) is 3.27. The molecule has 0 bridgehead atoms. The van der Waals surface area contributed by atoms with Crippen molar-refractivity contribution in [2.75, 3.05) is 7.11 Å². The smallest absolute Gasteiger partial charge is 0.416 e. The van der Waals surface area contributed by atoms with Gasteiger partial charge in [-0.15, -0.1) is 0 Å². The second-order valence-corrected chi connectivity index (χ2v) is 4.75. The van der Waals surface area contributed by atoms with Gasteiger partial charge in [-0.1, -0.05) is 12.1 Å². The van der Waals surface area contributed by atoms with Gasteiger partial charge in [0, 0.05) is 24.5 Å². The number of hydrogen-bond acceptors (Lipinski definition) is 4. The Kier molecular flexibility index (Phi) is 5.19. The molecule has 0 saturated carbocycles. The Hall–Kier alpha value is -2.59. The minimum atomic E-state index is -4.53. The van der Waals surface area contributed by atoms with E-state index in [1.165, 1.54) is 0 Å². The number of methoxy groups -OCH3 is 1. The average molecular weight is 321 g/mol. The fourth-order valence-electron chi connectivity index (χ4n) is 2.08. The molecule has 2 aromatic rings. The van der Waals surface area contributed by atoms with E-state index >= 15 is 0 Å². The van der Waals surface area contributed by atoms with Gasteiger partial charge in [-0.2, -0.15) is 18.4 Å². The molecule has 0 amide bonds. The van der Waals surface area contributed by atoms with Gasteiger partial charge in [-0.05, 0) is 23.8 Å². The molecule has 0 spiro atoms. The Morgan fingerprint density at radius 3 is 2.52 bits per heavy atom. The number of benzene rings is 1. The van der Waals surface area contributed by atoms with E-state index < -0.39 is 17.8 Å². The second kappa shape index (κ2) is 7.11. The SMILES string of the molecule is COc1ccc(CNC(C#N)c2cnccc2C(F)(F)F)cc1. The highest BCUT2D eigenvalue weighted by Gasteiger charge is 2.35. The molecule has 23 heavy (non-hydrogen) atoms. The number of nitrogens with one attached hydrogen (secondary N) is 1. The fourth-order valence-corrected chi connectivity index (χ4v) is 2.08. The van der Waals surface area contributed by atoms with Crippen LogP contribution in [-0.4, -0.2) is 12.1 Å². The summed E-state index contributed by atoms with van der Waals surface area (Å²) in [5.74, 6) is 0.678. The maximum Gasteiger partial charge on any atom is 0.416 e. The Morgan fingerprint density at radius 1 is 1.26 bits per heavy atom. The zero-order valence-corrected chi connectivity index (χ0v) is 12.3. The van der Waals surface area contributed by atoms with Crippen LogP contribution >= 0.6 is 0 Å². The van der Waals surface area contributed by atoms with E-state index in [1.807, 2.05) is 6.07 Å². The first-order chi connectivity index (χ1) is 11.0. The molecule has 1 atom stereocenters. The number of alkyl halides is 3. The van der Waals surface area contributed by atoms with Crippen LogP contribution in [0, 0.1) is 11.3 Å². The predicted molar refractivity (Wildman–Crippen MR) is 77.4 cm³/mol. The van der Waals surface area contributed by atoms with Crippen molar-refractivity contribution >= 4 is 0 Å². The average Bonchev–Trinajstić information content (AvgIpc) is 2.55. The molecular formula is C16H14F3N3O. The third-order valence-corrected chi connectivity index (χ3v) is 3.27. The number of nitrogens with zero attached hydrogens (tertiary/aromatic N) is 2. The van der Waals surface area contributed by atoms with Crippen molar-refractivity contribution in [3.8, 4) is 11.8 Å². The molecule has 120 valence electrons. The van der Waals surface area contributed by atoms with E-state index in [-0.39, 0.29) is 12.1 Å². The van der Waals surface area contributed by atoms with Crippen LogP contribution < -0.4 is 10.1 Å². The predicted octanol–water partition coefficient (Wildman–Crippen LogP) is 3.46. The molecule has 7 heteroatoms. The number of aromatic nitrogens is 1. The Balaban J connectivity index is 2.16. The lowest BCUT2D eigenvalue weighted by atomic mass is 10.0. The minimum absolute atomic E-state index is 0.184. The number of hydrogen-bond donors (Lipinski definition) is 1. The molecule has 0 aliphatic rings. The second-order valence-electron chi connectivity index (χ2n) is 4.75. The van der Waals surface area contributed by atoms with Crippen molar-refractivity contribution < 1.29 is 17.9 Å². The first-order valence-corrected chi connectivity index (χ1v) is 6.72. The first-order valence-electron chi connectivity index (χ1n) is 6.72. The Bertz CT molecular complexity index is 693. The van der Waals surface area contributed by atoms with E-state index in [2.05, 4.69) is 10.3 Å². The summed E-state index contributed by atoms with van der Waals surface area (Å²) in [6, 6.07) is 8.63. The van der Waals surface area contributed by atoms with Crippen molar-refractivity contribution in [1.29, 1.82) is 5.26 Å². The van der Waals surface area contributed by atoms with E-state index in [0.717, 1.165) is 24.0 Å². The topological polar surface area (TPSA) is 57.9 Å². The summed E-state index contributed by atoms with van der Waals surface area (Å²) in [5, 5.41) is 12.0. The molecule has 1 aromatic heterocycles. The molecular weight excluding hydrogens is 307 g/mol. The molecule has 1 N–H and O–H groups in total. The summed E-state index contributed by atoms with van der Waals surface area (Å²) >= 11 is 0. The molecule has 1 heterocycles. The van der Waals surface area contributed by atoms with Crippen LogP contribution in [0.2, 0.25) is 0 Å². The van der Waals surface area contributed by atoms with Gasteiger partial charge in [-0.25, -0.2) is 0 Å². The summed E-state index contributed by atoms with van der Waals surface area (Å²) in [6.45, 7) is 0.244.